The molecule has 1 fully saturated rings. The van der Waals surface area contributed by atoms with Crippen LogP contribution in [0, 0.1) is 0 Å². The Bertz CT molecular complexity index is 636. The molecule has 3 rings (SSSR count). The molecule has 7 heteroatoms. The Kier molecular flexibility index (Phi) is 6.09. The first kappa shape index (κ1) is 18.4. The second-order valence-electron chi connectivity index (χ2n) is 7.07. The average Bonchev–Trinajstić information content (AvgIpc) is 2.95. The second-order valence-corrected chi connectivity index (χ2v) is 8.17. The predicted molar refractivity (Wildman–Crippen MR) is 97.7 cm³/mol. The number of carbonyl (C=O) groups is 2. The van der Waals surface area contributed by atoms with Crippen LogP contribution < -0.4 is 15.1 Å². The van der Waals surface area contributed by atoms with Crippen molar-refractivity contribution in [2.45, 2.75) is 32.6 Å². The van der Waals surface area contributed by atoms with Crippen LogP contribution in [0.25, 0.3) is 0 Å². The van der Waals surface area contributed by atoms with Gasteiger partial charge in [0, 0.05) is 4.88 Å². The maximum atomic E-state index is 12.5. The summed E-state index contributed by atoms with van der Waals surface area (Å²) in [6.45, 7) is 6.88. The number of hydrogen-bond acceptors (Lipinski definition) is 4. The molecular formula is C18H29N3O3S+2. The van der Waals surface area contributed by atoms with E-state index in [0.29, 0.717) is 23.7 Å². The molecule has 1 aliphatic carbocycles. The van der Waals surface area contributed by atoms with E-state index >= 15 is 0 Å². The van der Waals surface area contributed by atoms with E-state index in [-0.39, 0.29) is 11.9 Å². The number of ether oxygens (including phenoxy) is 1. The van der Waals surface area contributed by atoms with Crippen LogP contribution in [-0.2, 0) is 22.4 Å². The van der Waals surface area contributed by atoms with Gasteiger partial charge >= 0.3 is 5.97 Å². The number of esters is 1. The summed E-state index contributed by atoms with van der Waals surface area (Å²) in [6.07, 6.45) is 4.14. The van der Waals surface area contributed by atoms with Crippen molar-refractivity contribution in [1.82, 2.24) is 0 Å². The van der Waals surface area contributed by atoms with Gasteiger partial charge in [-0.2, -0.15) is 0 Å². The zero-order valence-corrected chi connectivity index (χ0v) is 16.0. The minimum Gasteiger partial charge on any atom is -0.462 e. The summed E-state index contributed by atoms with van der Waals surface area (Å²) in [5.74, 6) is -0.300. The van der Waals surface area contributed by atoms with Crippen LogP contribution in [0.4, 0.5) is 5.00 Å². The Morgan fingerprint density at radius 3 is 2.60 bits per heavy atom. The highest BCUT2D eigenvalue weighted by atomic mass is 32.1. The number of quaternary nitrogens is 2. The first-order valence-corrected chi connectivity index (χ1v) is 10.2. The number of hydrogen-bond donors (Lipinski definition) is 3. The van der Waals surface area contributed by atoms with Crippen LogP contribution in [0.1, 0.15) is 40.6 Å². The monoisotopic (exact) mass is 367 g/mol. The molecule has 1 aromatic rings. The van der Waals surface area contributed by atoms with Crippen LogP contribution in [0.5, 0.6) is 0 Å². The molecule has 1 amide bonds. The lowest BCUT2D eigenvalue weighted by Gasteiger charge is -2.26. The molecule has 25 heavy (non-hydrogen) atoms. The highest BCUT2D eigenvalue weighted by molar-refractivity contribution is 7.17. The standard InChI is InChI=1S/C18H27N3O3S/c1-3-24-18(23)16-13-6-4-5-7-14(13)25-17(16)19-15(22)12-21-10-8-20(2)9-11-21/h3-12H2,1-2H3,(H,19,22)/p+2. The van der Waals surface area contributed by atoms with Crippen LogP contribution in [0.15, 0.2) is 0 Å². The molecule has 0 aromatic carbocycles. The summed E-state index contributed by atoms with van der Waals surface area (Å²) >= 11 is 1.56. The summed E-state index contributed by atoms with van der Waals surface area (Å²) in [4.78, 5) is 29.0. The van der Waals surface area contributed by atoms with Gasteiger partial charge in [-0.15, -0.1) is 11.3 Å². The number of rotatable bonds is 5. The molecule has 6 nitrogen and oxygen atoms in total. The molecule has 0 unspecified atom stereocenters. The van der Waals surface area contributed by atoms with Gasteiger partial charge in [-0.25, -0.2) is 4.79 Å². The molecule has 1 saturated heterocycles. The summed E-state index contributed by atoms with van der Waals surface area (Å²) < 4.78 is 5.24. The summed E-state index contributed by atoms with van der Waals surface area (Å²) in [6, 6.07) is 0. The first-order chi connectivity index (χ1) is 12.1. The normalized spacial score (nSPS) is 23.0. The fraction of sp³-hybridized carbons (Fsp3) is 0.667. The van der Waals surface area contributed by atoms with E-state index in [0.717, 1.165) is 57.4 Å². The number of anilines is 1. The number of nitrogens with one attached hydrogen (secondary N) is 3. The van der Waals surface area contributed by atoms with Gasteiger partial charge in [0.2, 0.25) is 0 Å². The Morgan fingerprint density at radius 2 is 1.88 bits per heavy atom. The van der Waals surface area contributed by atoms with Crippen molar-refractivity contribution in [2.24, 2.45) is 0 Å². The molecule has 138 valence electrons. The topological polar surface area (TPSA) is 64.3 Å². The van der Waals surface area contributed by atoms with Gasteiger partial charge in [-0.3, -0.25) is 4.79 Å². The Morgan fingerprint density at radius 1 is 1.16 bits per heavy atom. The smallest absolute Gasteiger partial charge is 0.341 e. The van der Waals surface area contributed by atoms with Gasteiger partial charge < -0.3 is 19.9 Å². The van der Waals surface area contributed by atoms with Crippen molar-refractivity contribution in [2.75, 3.05) is 51.7 Å². The quantitative estimate of drug-likeness (QED) is 0.595. The highest BCUT2D eigenvalue weighted by Gasteiger charge is 2.28. The minimum atomic E-state index is -0.298. The molecule has 1 aliphatic heterocycles. The van der Waals surface area contributed by atoms with Gasteiger partial charge in [0.1, 0.15) is 31.2 Å². The van der Waals surface area contributed by atoms with Crippen molar-refractivity contribution in [3.8, 4) is 0 Å². The molecule has 3 N–H and O–H groups in total. The number of aryl methyl sites for hydroxylation is 1. The first-order valence-electron chi connectivity index (χ1n) is 9.34. The van der Waals surface area contributed by atoms with Gasteiger partial charge in [-0.05, 0) is 38.2 Å². The maximum Gasteiger partial charge on any atom is 0.341 e. The molecule has 0 bridgehead atoms. The van der Waals surface area contributed by atoms with E-state index < -0.39 is 0 Å². The van der Waals surface area contributed by atoms with E-state index in [1.807, 2.05) is 6.92 Å². The highest BCUT2D eigenvalue weighted by Crippen LogP contribution is 2.38. The molecule has 0 saturated carbocycles. The summed E-state index contributed by atoms with van der Waals surface area (Å²) in [5.41, 5.74) is 1.70. The van der Waals surface area contributed by atoms with Crippen LogP contribution >= 0.6 is 11.3 Å². The minimum absolute atomic E-state index is 0.00121. The van der Waals surface area contributed by atoms with E-state index in [2.05, 4.69) is 12.4 Å². The predicted octanol–water partition coefficient (Wildman–Crippen LogP) is -0.845. The van der Waals surface area contributed by atoms with Crippen molar-refractivity contribution < 1.29 is 24.1 Å². The van der Waals surface area contributed by atoms with E-state index in [1.165, 1.54) is 14.7 Å². The van der Waals surface area contributed by atoms with Crippen molar-refractivity contribution >= 4 is 28.2 Å². The van der Waals surface area contributed by atoms with E-state index in [9.17, 15) is 9.59 Å². The van der Waals surface area contributed by atoms with Gasteiger partial charge in [0.25, 0.3) is 5.91 Å². The zero-order chi connectivity index (χ0) is 17.8. The molecule has 0 radical (unpaired) electrons. The molecule has 2 heterocycles. The molecule has 1 aromatic heterocycles. The number of carbonyl (C=O) groups excluding carboxylic acids is 2. The number of piperazine rings is 1. The SMILES string of the molecule is CCOC(=O)c1c(NC(=O)C[NH+]2CC[NH+](C)CC2)sc2c1CCCC2. The van der Waals surface area contributed by atoms with E-state index in [1.54, 1.807) is 11.3 Å². The fourth-order valence-electron chi connectivity index (χ4n) is 3.68. The van der Waals surface area contributed by atoms with E-state index in [4.69, 9.17) is 4.74 Å². The molecule has 2 aliphatic rings. The molecule has 0 spiro atoms. The largest absolute Gasteiger partial charge is 0.462 e. The van der Waals surface area contributed by atoms with Gasteiger partial charge in [-0.1, -0.05) is 0 Å². The van der Waals surface area contributed by atoms with Crippen molar-refractivity contribution in [3.05, 3.63) is 16.0 Å². The Hall–Kier alpha value is -1.44. The molecule has 0 atom stereocenters. The number of amides is 1. The maximum absolute atomic E-state index is 12.5. The van der Waals surface area contributed by atoms with Gasteiger partial charge in [0.15, 0.2) is 6.54 Å². The van der Waals surface area contributed by atoms with Crippen LogP contribution in [0.2, 0.25) is 0 Å². The lowest BCUT2D eigenvalue weighted by atomic mass is 9.95. The van der Waals surface area contributed by atoms with Crippen LogP contribution in [0.3, 0.4) is 0 Å². The van der Waals surface area contributed by atoms with Crippen molar-refractivity contribution in [3.63, 3.8) is 0 Å². The lowest BCUT2D eigenvalue weighted by Crippen LogP contribution is -3.27. The van der Waals surface area contributed by atoms with Gasteiger partial charge in [0.05, 0.1) is 19.2 Å². The van der Waals surface area contributed by atoms with Crippen molar-refractivity contribution in [1.29, 1.82) is 0 Å². The zero-order valence-electron chi connectivity index (χ0n) is 15.2. The Balaban J connectivity index is 1.71. The third-order valence-corrected chi connectivity index (χ3v) is 6.33. The third kappa shape index (κ3) is 4.40. The average molecular weight is 368 g/mol. The lowest BCUT2D eigenvalue weighted by molar-refractivity contribution is -0.999. The fourth-order valence-corrected chi connectivity index (χ4v) is 4.97. The summed E-state index contributed by atoms with van der Waals surface area (Å²) in [5, 5.41) is 3.71. The number of likely N-dealkylation sites (N-methyl/N-ethyl adjacent to an activating group) is 1. The second kappa shape index (κ2) is 8.29. The number of thiophene rings is 1. The summed E-state index contributed by atoms with van der Waals surface area (Å²) in [7, 11) is 2.19. The third-order valence-electron chi connectivity index (χ3n) is 5.13. The van der Waals surface area contributed by atoms with Crippen LogP contribution in [-0.4, -0.2) is 58.3 Å². The molecular weight excluding hydrogens is 338 g/mol. The Labute approximate surface area is 153 Å². The number of fused-ring (bicyclic) bond motifs is 1.